The third kappa shape index (κ3) is 5.94. The van der Waals surface area contributed by atoms with Gasteiger partial charge >= 0.3 is 0 Å². The van der Waals surface area contributed by atoms with Gasteiger partial charge in [0.15, 0.2) is 0 Å². The molecule has 1 unspecified atom stereocenters. The average molecular weight is 347 g/mol. The summed E-state index contributed by atoms with van der Waals surface area (Å²) in [5, 5.41) is 8.89. The lowest BCUT2D eigenvalue weighted by molar-refractivity contribution is 0.127. The van der Waals surface area contributed by atoms with Crippen molar-refractivity contribution in [3.63, 3.8) is 0 Å². The zero-order valence-corrected chi connectivity index (χ0v) is 15.5. The van der Waals surface area contributed by atoms with E-state index in [1.54, 1.807) is 0 Å². The van der Waals surface area contributed by atoms with Gasteiger partial charge in [-0.3, -0.25) is 4.90 Å². The maximum atomic E-state index is 8.89. The summed E-state index contributed by atoms with van der Waals surface area (Å²) >= 11 is 0. The Balaban J connectivity index is 1.37. The normalized spacial score (nSPS) is 23.1. The van der Waals surface area contributed by atoms with E-state index >= 15 is 0 Å². The Bertz CT molecular complexity index is 476. The number of unbranched alkanes of at least 4 members (excludes halogenated alkanes) is 2. The lowest BCUT2D eigenvalue weighted by atomic mass is 9.96. The van der Waals surface area contributed by atoms with Crippen molar-refractivity contribution in [3.05, 3.63) is 24.4 Å². The molecule has 2 saturated heterocycles. The number of rotatable bonds is 8. The zero-order chi connectivity index (χ0) is 17.3. The number of nitrogens with zero attached hydrogens (tertiary/aromatic N) is 4. The molecule has 0 radical (unpaired) electrons. The molecule has 0 saturated carbocycles. The molecule has 25 heavy (non-hydrogen) atoms. The monoisotopic (exact) mass is 346 g/mol. The molecule has 0 spiro atoms. The molecule has 1 N–H and O–H groups in total. The summed E-state index contributed by atoms with van der Waals surface area (Å²) in [6.45, 7) is 9.83. The van der Waals surface area contributed by atoms with Gasteiger partial charge in [-0.05, 0) is 63.2 Å². The van der Waals surface area contributed by atoms with Gasteiger partial charge in [0.2, 0.25) is 0 Å². The topological polar surface area (TPSA) is 42.8 Å². The van der Waals surface area contributed by atoms with Crippen molar-refractivity contribution in [1.82, 2.24) is 14.8 Å². The summed E-state index contributed by atoms with van der Waals surface area (Å²) < 4.78 is 0. The molecule has 0 aliphatic carbocycles. The number of piperidine rings is 1. The SMILES string of the molecule is OCCCCCN1CCCC(CN2CCN(c3ccccn3)CC2)C1. The van der Waals surface area contributed by atoms with Crippen LogP contribution >= 0.6 is 0 Å². The largest absolute Gasteiger partial charge is 0.396 e. The van der Waals surface area contributed by atoms with E-state index in [9.17, 15) is 0 Å². The van der Waals surface area contributed by atoms with E-state index in [0.717, 1.165) is 50.8 Å². The van der Waals surface area contributed by atoms with Crippen LogP contribution in [0.1, 0.15) is 32.1 Å². The summed E-state index contributed by atoms with van der Waals surface area (Å²) in [5.74, 6) is 1.95. The Morgan fingerprint density at radius 2 is 1.88 bits per heavy atom. The fourth-order valence-corrected chi connectivity index (χ4v) is 4.19. The van der Waals surface area contributed by atoms with Gasteiger partial charge in [0, 0.05) is 52.1 Å². The number of pyridine rings is 1. The predicted molar refractivity (Wildman–Crippen MR) is 103 cm³/mol. The summed E-state index contributed by atoms with van der Waals surface area (Å²) in [4.78, 5) is 12.2. The number of anilines is 1. The van der Waals surface area contributed by atoms with Crippen molar-refractivity contribution < 1.29 is 5.11 Å². The fourth-order valence-electron chi connectivity index (χ4n) is 4.19. The summed E-state index contributed by atoms with van der Waals surface area (Å²) in [6.07, 6.45) is 7.96. The molecule has 2 aliphatic rings. The third-order valence-electron chi connectivity index (χ3n) is 5.60. The molecule has 3 heterocycles. The standard InChI is InChI=1S/C20H34N4O/c25-16-5-1-4-10-22-11-6-7-19(17-22)18-23-12-14-24(15-13-23)20-8-2-3-9-21-20/h2-3,8-9,19,25H,1,4-7,10-18H2. The minimum atomic E-state index is 0.340. The number of piperazine rings is 1. The van der Waals surface area contributed by atoms with Crippen LogP contribution in [-0.4, -0.2) is 78.9 Å². The number of likely N-dealkylation sites (tertiary alicyclic amines) is 1. The van der Waals surface area contributed by atoms with Gasteiger partial charge < -0.3 is 14.9 Å². The van der Waals surface area contributed by atoms with E-state index in [2.05, 4.69) is 31.8 Å². The maximum absolute atomic E-state index is 8.89. The lowest BCUT2D eigenvalue weighted by Crippen LogP contribution is -2.49. The molecule has 5 heteroatoms. The molecule has 1 aromatic heterocycles. The van der Waals surface area contributed by atoms with Crippen LogP contribution in [0, 0.1) is 5.92 Å². The molecule has 3 rings (SSSR count). The van der Waals surface area contributed by atoms with Crippen LogP contribution in [0.5, 0.6) is 0 Å². The van der Waals surface area contributed by atoms with Gasteiger partial charge in [-0.1, -0.05) is 6.07 Å². The van der Waals surface area contributed by atoms with Gasteiger partial charge in [0.25, 0.3) is 0 Å². The number of aromatic nitrogens is 1. The van der Waals surface area contributed by atoms with E-state index in [4.69, 9.17) is 5.11 Å². The Morgan fingerprint density at radius 1 is 1.00 bits per heavy atom. The van der Waals surface area contributed by atoms with Gasteiger partial charge in [0.05, 0.1) is 0 Å². The highest BCUT2D eigenvalue weighted by Gasteiger charge is 2.24. The minimum Gasteiger partial charge on any atom is -0.396 e. The van der Waals surface area contributed by atoms with Crippen molar-refractivity contribution in [3.8, 4) is 0 Å². The summed E-state index contributed by atoms with van der Waals surface area (Å²) in [7, 11) is 0. The molecule has 5 nitrogen and oxygen atoms in total. The molecule has 0 aromatic carbocycles. The second-order valence-corrected chi connectivity index (χ2v) is 7.57. The molecule has 1 atom stereocenters. The second-order valence-electron chi connectivity index (χ2n) is 7.57. The van der Waals surface area contributed by atoms with Gasteiger partial charge in [-0.15, -0.1) is 0 Å². The Hall–Kier alpha value is -1.17. The molecule has 140 valence electrons. The number of hydrogen-bond donors (Lipinski definition) is 1. The van der Waals surface area contributed by atoms with Crippen LogP contribution in [0.15, 0.2) is 24.4 Å². The zero-order valence-electron chi connectivity index (χ0n) is 15.5. The number of hydrogen-bond acceptors (Lipinski definition) is 5. The first-order chi connectivity index (χ1) is 12.3. The summed E-state index contributed by atoms with van der Waals surface area (Å²) in [6, 6.07) is 6.18. The van der Waals surface area contributed by atoms with Crippen LogP contribution in [0.25, 0.3) is 0 Å². The first kappa shape index (κ1) is 18.6. The van der Waals surface area contributed by atoms with Gasteiger partial charge in [-0.25, -0.2) is 4.98 Å². The average Bonchev–Trinajstić information content (AvgIpc) is 2.67. The van der Waals surface area contributed by atoms with Crippen molar-refractivity contribution in [2.45, 2.75) is 32.1 Å². The number of aliphatic hydroxyl groups excluding tert-OH is 1. The Labute approximate surface area is 152 Å². The van der Waals surface area contributed by atoms with E-state index in [0.29, 0.717) is 6.61 Å². The van der Waals surface area contributed by atoms with E-state index < -0.39 is 0 Å². The van der Waals surface area contributed by atoms with Crippen LogP contribution in [0.3, 0.4) is 0 Å². The highest BCUT2D eigenvalue weighted by atomic mass is 16.2. The van der Waals surface area contributed by atoms with E-state index in [-0.39, 0.29) is 0 Å². The molecule has 0 bridgehead atoms. The van der Waals surface area contributed by atoms with Crippen molar-refractivity contribution in [2.24, 2.45) is 5.92 Å². The highest BCUT2D eigenvalue weighted by molar-refractivity contribution is 5.38. The maximum Gasteiger partial charge on any atom is 0.128 e. The van der Waals surface area contributed by atoms with Crippen LogP contribution in [0.2, 0.25) is 0 Å². The van der Waals surface area contributed by atoms with Gasteiger partial charge in [0.1, 0.15) is 5.82 Å². The van der Waals surface area contributed by atoms with Crippen molar-refractivity contribution >= 4 is 5.82 Å². The predicted octanol–water partition coefficient (Wildman–Crippen LogP) is 2.08. The van der Waals surface area contributed by atoms with E-state index in [1.807, 2.05) is 12.3 Å². The molecule has 2 fully saturated rings. The minimum absolute atomic E-state index is 0.340. The molecule has 0 amide bonds. The van der Waals surface area contributed by atoms with E-state index in [1.165, 1.54) is 45.4 Å². The fraction of sp³-hybridized carbons (Fsp3) is 0.750. The second kappa shape index (κ2) is 10.1. The lowest BCUT2D eigenvalue weighted by Gasteiger charge is -2.39. The quantitative estimate of drug-likeness (QED) is 0.730. The highest BCUT2D eigenvalue weighted by Crippen LogP contribution is 2.20. The van der Waals surface area contributed by atoms with Crippen molar-refractivity contribution in [2.75, 3.05) is 63.9 Å². The number of aliphatic hydroxyl groups is 1. The summed E-state index contributed by atoms with van der Waals surface area (Å²) in [5.41, 5.74) is 0. The third-order valence-corrected chi connectivity index (χ3v) is 5.60. The van der Waals surface area contributed by atoms with Crippen LogP contribution in [0.4, 0.5) is 5.82 Å². The van der Waals surface area contributed by atoms with Crippen LogP contribution in [-0.2, 0) is 0 Å². The Kier molecular flexibility index (Phi) is 7.52. The smallest absolute Gasteiger partial charge is 0.128 e. The first-order valence-electron chi connectivity index (χ1n) is 10.1. The van der Waals surface area contributed by atoms with Crippen LogP contribution < -0.4 is 4.90 Å². The first-order valence-corrected chi connectivity index (χ1v) is 10.1. The Morgan fingerprint density at radius 3 is 2.64 bits per heavy atom. The molecular weight excluding hydrogens is 312 g/mol. The molecule has 2 aliphatic heterocycles. The van der Waals surface area contributed by atoms with Gasteiger partial charge in [-0.2, -0.15) is 0 Å². The molecule has 1 aromatic rings. The molecular formula is C20H34N4O. The van der Waals surface area contributed by atoms with Crippen molar-refractivity contribution in [1.29, 1.82) is 0 Å².